The van der Waals surface area contributed by atoms with Crippen LogP contribution in [-0.2, 0) is 17.4 Å². The van der Waals surface area contributed by atoms with E-state index in [9.17, 15) is 18.0 Å². The Balaban J connectivity index is 1.56. The maximum absolute atomic E-state index is 12.8. The summed E-state index contributed by atoms with van der Waals surface area (Å²) in [4.78, 5) is 21.4. The van der Waals surface area contributed by atoms with Crippen LogP contribution in [0.1, 0.15) is 22.4 Å². The molecule has 0 bridgehead atoms. The van der Waals surface area contributed by atoms with E-state index in [0.29, 0.717) is 48.9 Å². The smallest absolute Gasteiger partial charge is 0.373 e. The second-order valence-corrected chi connectivity index (χ2v) is 8.08. The summed E-state index contributed by atoms with van der Waals surface area (Å²) in [6.07, 6.45) is -1.17. The molecule has 0 saturated carbocycles. The van der Waals surface area contributed by atoms with Gasteiger partial charge in [0, 0.05) is 44.5 Å². The normalized spacial score (nSPS) is 14.8. The minimum atomic E-state index is -4.45. The number of rotatable bonds is 7. The summed E-state index contributed by atoms with van der Waals surface area (Å²) >= 11 is 0. The molecular weight excluding hydrogens is 449 g/mol. The van der Waals surface area contributed by atoms with Crippen LogP contribution in [0.5, 0.6) is 0 Å². The van der Waals surface area contributed by atoms with Gasteiger partial charge in [-0.05, 0) is 31.2 Å². The van der Waals surface area contributed by atoms with Crippen LogP contribution in [-0.4, -0.2) is 51.8 Å². The summed E-state index contributed by atoms with van der Waals surface area (Å²) < 4.78 is 40.1. The number of nitrogens with zero attached hydrogens (tertiary/aromatic N) is 6. The highest BCUT2D eigenvalue weighted by molar-refractivity contribution is 5.56. The molecule has 3 aromatic heterocycles. The molecule has 3 aromatic rings. The average molecular weight is 470 g/mol. The minimum absolute atomic E-state index is 0.362. The number of carbonyl (C=O) groups excluding carboxylic acids is 1. The molecule has 1 saturated heterocycles. The van der Waals surface area contributed by atoms with E-state index in [1.165, 1.54) is 12.3 Å². The van der Waals surface area contributed by atoms with Crippen LogP contribution < -0.4 is 15.5 Å². The van der Waals surface area contributed by atoms with Crippen molar-refractivity contribution in [2.24, 2.45) is 0 Å². The fourth-order valence-corrected chi connectivity index (χ4v) is 4.03. The van der Waals surface area contributed by atoms with Crippen molar-refractivity contribution < 1.29 is 18.0 Å². The van der Waals surface area contributed by atoms with Gasteiger partial charge in [0.25, 0.3) is 0 Å². The monoisotopic (exact) mass is 470 g/mol. The van der Waals surface area contributed by atoms with Gasteiger partial charge in [-0.25, -0.2) is 9.97 Å². The Morgan fingerprint density at radius 1 is 1.18 bits per heavy atom. The quantitative estimate of drug-likeness (QED) is 0.510. The van der Waals surface area contributed by atoms with E-state index in [1.807, 2.05) is 13.0 Å². The Kier molecular flexibility index (Phi) is 5.87. The van der Waals surface area contributed by atoms with Gasteiger partial charge in [0.05, 0.1) is 22.4 Å². The summed E-state index contributed by atoms with van der Waals surface area (Å²) in [5, 5.41) is 19.6. The number of alkyl halides is 3. The van der Waals surface area contributed by atoms with Gasteiger partial charge >= 0.3 is 6.18 Å². The number of hydrogen-bond donors (Lipinski definition) is 2. The van der Waals surface area contributed by atoms with Gasteiger partial charge in [0.15, 0.2) is 5.82 Å². The van der Waals surface area contributed by atoms with Crippen LogP contribution >= 0.6 is 0 Å². The molecule has 4 heterocycles. The van der Waals surface area contributed by atoms with E-state index in [-0.39, 0.29) is 0 Å². The lowest BCUT2D eigenvalue weighted by Crippen LogP contribution is -2.70. The molecule has 4 rings (SSSR count). The van der Waals surface area contributed by atoms with Crippen molar-refractivity contribution >= 4 is 18.0 Å². The SMILES string of the molecule is CNc1c(C)c(CC2(NC=O)CN(c3ccc(C(F)(F)F)cn3)C2)nn1-c1ccc(C#N)cn1. The first kappa shape index (κ1) is 23.0. The van der Waals surface area contributed by atoms with E-state index in [2.05, 4.69) is 25.7 Å². The number of anilines is 2. The number of amides is 1. The van der Waals surface area contributed by atoms with Crippen molar-refractivity contribution in [2.45, 2.75) is 25.1 Å². The maximum atomic E-state index is 12.8. The van der Waals surface area contributed by atoms with Gasteiger partial charge in [0.2, 0.25) is 6.41 Å². The van der Waals surface area contributed by atoms with E-state index in [1.54, 1.807) is 28.8 Å². The number of aromatic nitrogens is 4. The molecule has 12 heteroatoms. The number of carbonyl (C=O) groups is 1. The van der Waals surface area contributed by atoms with Crippen molar-refractivity contribution in [2.75, 3.05) is 30.4 Å². The number of nitrogens with one attached hydrogen (secondary N) is 2. The van der Waals surface area contributed by atoms with Gasteiger partial charge in [0.1, 0.15) is 17.7 Å². The maximum Gasteiger partial charge on any atom is 0.417 e. The van der Waals surface area contributed by atoms with Gasteiger partial charge in [-0.3, -0.25) is 4.79 Å². The molecule has 1 aliphatic heterocycles. The molecule has 0 atom stereocenters. The highest BCUT2D eigenvalue weighted by atomic mass is 19.4. The zero-order chi connectivity index (χ0) is 24.5. The summed E-state index contributed by atoms with van der Waals surface area (Å²) in [6.45, 7) is 2.62. The van der Waals surface area contributed by atoms with E-state index >= 15 is 0 Å². The zero-order valence-electron chi connectivity index (χ0n) is 18.4. The van der Waals surface area contributed by atoms with Gasteiger partial charge in [-0.15, -0.1) is 0 Å². The third kappa shape index (κ3) is 4.24. The molecule has 1 amide bonds. The zero-order valence-corrected chi connectivity index (χ0v) is 18.4. The Labute approximate surface area is 193 Å². The first-order valence-corrected chi connectivity index (χ1v) is 10.3. The van der Waals surface area contributed by atoms with E-state index in [0.717, 1.165) is 23.5 Å². The number of halogens is 3. The molecule has 0 spiro atoms. The Morgan fingerprint density at radius 2 is 1.88 bits per heavy atom. The van der Waals surface area contributed by atoms with Crippen LogP contribution in [0, 0.1) is 18.3 Å². The minimum Gasteiger partial charge on any atom is -0.373 e. The van der Waals surface area contributed by atoms with Crippen molar-refractivity contribution in [1.82, 2.24) is 25.1 Å². The number of nitriles is 1. The Bertz CT molecular complexity index is 1220. The standard InChI is InChI=1S/C22H21F3N8O/c1-14-17(31-33(20(14)27-2)19-5-3-15(8-26)9-28-19)7-21(30-13-34)11-32(12-21)18-6-4-16(10-29-18)22(23,24)25/h3-6,9-10,13,27H,7,11-12H2,1-2H3,(H,30,34). The second-order valence-electron chi connectivity index (χ2n) is 8.08. The number of pyridine rings is 2. The highest BCUT2D eigenvalue weighted by Gasteiger charge is 2.45. The Hall–Kier alpha value is -4.14. The van der Waals surface area contributed by atoms with Crippen LogP contribution in [0.3, 0.4) is 0 Å². The summed E-state index contributed by atoms with van der Waals surface area (Å²) in [7, 11) is 1.76. The predicted molar refractivity (Wildman–Crippen MR) is 117 cm³/mol. The van der Waals surface area contributed by atoms with E-state index in [4.69, 9.17) is 5.26 Å². The summed E-state index contributed by atoms with van der Waals surface area (Å²) in [5.74, 6) is 1.64. The fraction of sp³-hybridized carbons (Fsp3) is 0.318. The second kappa shape index (κ2) is 8.66. The third-order valence-corrected chi connectivity index (χ3v) is 5.81. The molecule has 34 heavy (non-hydrogen) atoms. The molecule has 9 nitrogen and oxygen atoms in total. The first-order valence-electron chi connectivity index (χ1n) is 10.3. The molecule has 176 valence electrons. The number of hydrogen-bond acceptors (Lipinski definition) is 7. The molecular formula is C22H21F3N8O. The van der Waals surface area contributed by atoms with Crippen molar-refractivity contribution in [3.63, 3.8) is 0 Å². The van der Waals surface area contributed by atoms with Crippen LogP contribution in [0.15, 0.2) is 36.7 Å². The van der Waals surface area contributed by atoms with E-state index < -0.39 is 17.3 Å². The molecule has 0 aliphatic carbocycles. The summed E-state index contributed by atoms with van der Waals surface area (Å²) in [5.41, 5.74) is 0.557. The van der Waals surface area contributed by atoms with Crippen molar-refractivity contribution in [1.29, 1.82) is 5.26 Å². The van der Waals surface area contributed by atoms with Gasteiger partial charge < -0.3 is 15.5 Å². The van der Waals surface area contributed by atoms with Gasteiger partial charge in [-0.1, -0.05) is 0 Å². The van der Waals surface area contributed by atoms with Gasteiger partial charge in [-0.2, -0.15) is 28.2 Å². The molecule has 2 N–H and O–H groups in total. The van der Waals surface area contributed by atoms with Crippen molar-refractivity contribution in [3.8, 4) is 11.9 Å². The molecule has 0 radical (unpaired) electrons. The lowest BCUT2D eigenvalue weighted by Gasteiger charge is -2.50. The largest absolute Gasteiger partial charge is 0.417 e. The lowest BCUT2D eigenvalue weighted by molar-refractivity contribution is -0.137. The third-order valence-electron chi connectivity index (χ3n) is 5.81. The van der Waals surface area contributed by atoms with Crippen molar-refractivity contribution in [3.05, 3.63) is 59.0 Å². The topological polar surface area (TPSA) is 112 Å². The van der Waals surface area contributed by atoms with Crippen LogP contribution in [0.4, 0.5) is 24.8 Å². The molecule has 0 unspecified atom stereocenters. The van der Waals surface area contributed by atoms with Crippen LogP contribution in [0.2, 0.25) is 0 Å². The first-order chi connectivity index (χ1) is 16.2. The summed E-state index contributed by atoms with van der Waals surface area (Å²) in [6, 6.07) is 7.68. The average Bonchev–Trinajstić information content (AvgIpc) is 3.11. The highest BCUT2D eigenvalue weighted by Crippen LogP contribution is 2.34. The fourth-order valence-electron chi connectivity index (χ4n) is 4.03. The molecule has 1 aliphatic rings. The Morgan fingerprint density at radius 3 is 2.41 bits per heavy atom. The molecule has 1 fully saturated rings. The lowest BCUT2D eigenvalue weighted by atomic mass is 9.84. The predicted octanol–water partition coefficient (Wildman–Crippen LogP) is 2.45. The van der Waals surface area contributed by atoms with Crippen LogP contribution in [0.25, 0.3) is 5.82 Å². The molecule has 0 aromatic carbocycles.